The Bertz CT molecular complexity index is 982. The summed E-state index contributed by atoms with van der Waals surface area (Å²) >= 11 is 6.47. The van der Waals surface area contributed by atoms with E-state index < -0.39 is 6.09 Å². The molecule has 2 aliphatic carbocycles. The van der Waals surface area contributed by atoms with Crippen molar-refractivity contribution in [2.45, 2.75) is 57.0 Å². The van der Waals surface area contributed by atoms with Gasteiger partial charge >= 0.3 is 6.09 Å². The van der Waals surface area contributed by atoms with Crippen LogP contribution < -0.4 is 10.5 Å². The van der Waals surface area contributed by atoms with Gasteiger partial charge in [0.05, 0.1) is 12.8 Å². The second-order valence-electron chi connectivity index (χ2n) is 8.42. The first-order valence-electron chi connectivity index (χ1n) is 10.8. The van der Waals surface area contributed by atoms with Crippen LogP contribution in [0.4, 0.5) is 4.79 Å². The molecule has 4 rings (SSSR count). The number of carbonyl (C=O) groups excluding carboxylic acids is 2. The Morgan fingerprint density at radius 1 is 1.03 bits per heavy atom. The van der Waals surface area contributed by atoms with Gasteiger partial charge < -0.3 is 15.2 Å². The molecule has 7 heteroatoms. The number of benzene rings is 1. The Morgan fingerprint density at radius 3 is 2.29 bits per heavy atom. The van der Waals surface area contributed by atoms with Crippen LogP contribution in [0.15, 0.2) is 30.3 Å². The Balaban J connectivity index is 1.47. The molecule has 6 nitrogen and oxygen atoms in total. The molecule has 2 fully saturated rings. The largest absolute Gasteiger partial charge is 0.497 e. The molecule has 0 aliphatic heterocycles. The SMILES string of the molecule is COc1ccc(C2CCC(C(=O)c3nc(COC(N)=O)ccc3C3CC3)CC2)c(Cl)c1. The van der Waals surface area contributed by atoms with Gasteiger partial charge in [0.25, 0.3) is 0 Å². The van der Waals surface area contributed by atoms with Crippen molar-refractivity contribution in [3.8, 4) is 5.75 Å². The number of hydrogen-bond acceptors (Lipinski definition) is 5. The van der Waals surface area contributed by atoms with Gasteiger partial charge in [-0.3, -0.25) is 4.79 Å². The Kier molecular flexibility index (Phi) is 6.46. The lowest BCUT2D eigenvalue weighted by molar-refractivity contribution is 0.0876. The minimum Gasteiger partial charge on any atom is -0.497 e. The molecule has 0 atom stereocenters. The van der Waals surface area contributed by atoms with E-state index in [1.165, 1.54) is 0 Å². The van der Waals surface area contributed by atoms with Crippen molar-refractivity contribution < 1.29 is 19.1 Å². The highest BCUT2D eigenvalue weighted by Crippen LogP contribution is 2.44. The lowest BCUT2D eigenvalue weighted by Gasteiger charge is -2.29. The number of amides is 1. The van der Waals surface area contributed by atoms with Gasteiger partial charge in [-0.15, -0.1) is 0 Å². The third-order valence-corrected chi connectivity index (χ3v) is 6.67. The molecule has 1 heterocycles. The summed E-state index contributed by atoms with van der Waals surface area (Å²) in [5.74, 6) is 1.55. The van der Waals surface area contributed by atoms with Crippen LogP contribution in [-0.4, -0.2) is 24.0 Å². The summed E-state index contributed by atoms with van der Waals surface area (Å²) in [5.41, 5.74) is 8.29. The predicted octanol–water partition coefficient (Wildman–Crippen LogP) is 5.37. The average Bonchev–Trinajstić information content (AvgIpc) is 3.62. The zero-order valence-corrected chi connectivity index (χ0v) is 18.4. The summed E-state index contributed by atoms with van der Waals surface area (Å²) in [5, 5.41) is 0.717. The van der Waals surface area contributed by atoms with E-state index >= 15 is 0 Å². The minimum atomic E-state index is -0.850. The van der Waals surface area contributed by atoms with Crippen molar-refractivity contribution in [1.82, 2.24) is 4.98 Å². The van der Waals surface area contributed by atoms with Crippen LogP contribution in [-0.2, 0) is 11.3 Å². The maximum Gasteiger partial charge on any atom is 0.404 e. The number of ether oxygens (including phenoxy) is 2. The van der Waals surface area contributed by atoms with Gasteiger partial charge in [0, 0.05) is 10.9 Å². The number of pyridine rings is 1. The number of halogens is 1. The molecule has 0 bridgehead atoms. The molecule has 2 N–H and O–H groups in total. The minimum absolute atomic E-state index is 0.0245. The van der Waals surface area contributed by atoms with E-state index in [1.807, 2.05) is 30.3 Å². The number of ketones is 1. The standard InChI is InChI=1S/C24H27ClN2O4/c1-30-18-9-11-19(21(25)12-18)14-4-6-16(7-5-14)23(28)22-20(15-2-3-15)10-8-17(27-22)13-31-24(26)29/h8-12,14-16H,2-7,13H2,1H3,(H2,26,29). The van der Waals surface area contributed by atoms with Crippen molar-refractivity contribution in [3.05, 3.63) is 57.9 Å². The Labute approximate surface area is 187 Å². The van der Waals surface area contributed by atoms with Crippen LogP contribution in [0, 0.1) is 5.92 Å². The number of Topliss-reactive ketones (excluding diaryl/α,β-unsaturated/α-hetero) is 1. The molecule has 2 saturated carbocycles. The van der Waals surface area contributed by atoms with Gasteiger partial charge in [-0.25, -0.2) is 9.78 Å². The maximum atomic E-state index is 13.4. The molecule has 0 saturated heterocycles. The fourth-order valence-electron chi connectivity index (χ4n) is 4.48. The first-order chi connectivity index (χ1) is 15.0. The second-order valence-corrected chi connectivity index (χ2v) is 8.83. The van der Waals surface area contributed by atoms with E-state index in [1.54, 1.807) is 7.11 Å². The highest BCUT2D eigenvalue weighted by atomic mass is 35.5. The molecule has 31 heavy (non-hydrogen) atoms. The number of carbonyl (C=O) groups is 2. The summed E-state index contributed by atoms with van der Waals surface area (Å²) < 4.78 is 10.1. The normalized spacial score (nSPS) is 20.8. The van der Waals surface area contributed by atoms with Crippen LogP contribution in [0.1, 0.15) is 77.7 Å². The monoisotopic (exact) mass is 442 g/mol. The van der Waals surface area contributed by atoms with Crippen molar-refractivity contribution in [2.75, 3.05) is 7.11 Å². The summed E-state index contributed by atoms with van der Waals surface area (Å²) in [7, 11) is 1.63. The van der Waals surface area contributed by atoms with E-state index in [2.05, 4.69) is 4.98 Å². The van der Waals surface area contributed by atoms with Crippen LogP contribution in [0.25, 0.3) is 0 Å². The summed E-state index contributed by atoms with van der Waals surface area (Å²) in [4.78, 5) is 28.9. The van der Waals surface area contributed by atoms with Crippen molar-refractivity contribution in [2.24, 2.45) is 11.7 Å². The zero-order valence-electron chi connectivity index (χ0n) is 17.6. The molecular weight excluding hydrogens is 416 g/mol. The molecule has 2 aliphatic rings. The topological polar surface area (TPSA) is 91.5 Å². The van der Waals surface area contributed by atoms with E-state index in [0.29, 0.717) is 28.2 Å². The molecule has 0 spiro atoms. The number of aromatic nitrogens is 1. The van der Waals surface area contributed by atoms with Gasteiger partial charge in [-0.2, -0.15) is 0 Å². The molecule has 1 aromatic carbocycles. The lowest BCUT2D eigenvalue weighted by atomic mass is 9.76. The van der Waals surface area contributed by atoms with Gasteiger partial charge in [0.2, 0.25) is 0 Å². The number of rotatable bonds is 7. The van der Waals surface area contributed by atoms with E-state index in [0.717, 1.165) is 55.4 Å². The van der Waals surface area contributed by atoms with Gasteiger partial charge in [0.15, 0.2) is 5.78 Å². The van der Waals surface area contributed by atoms with Crippen molar-refractivity contribution in [1.29, 1.82) is 0 Å². The third kappa shape index (κ3) is 5.01. The molecule has 0 radical (unpaired) electrons. The van der Waals surface area contributed by atoms with Crippen molar-refractivity contribution in [3.63, 3.8) is 0 Å². The quantitative estimate of drug-likeness (QED) is 0.581. The van der Waals surface area contributed by atoms with Crippen LogP contribution in [0.5, 0.6) is 5.75 Å². The van der Waals surface area contributed by atoms with E-state index in [4.69, 9.17) is 26.8 Å². The molecular formula is C24H27ClN2O4. The molecule has 0 unspecified atom stereocenters. The second kappa shape index (κ2) is 9.27. The number of nitrogens with zero attached hydrogens (tertiary/aromatic N) is 1. The third-order valence-electron chi connectivity index (χ3n) is 6.34. The van der Waals surface area contributed by atoms with Crippen LogP contribution in [0.2, 0.25) is 5.02 Å². The predicted molar refractivity (Wildman–Crippen MR) is 118 cm³/mol. The first-order valence-corrected chi connectivity index (χ1v) is 11.1. The fraction of sp³-hybridized carbons (Fsp3) is 0.458. The van der Waals surface area contributed by atoms with Crippen LogP contribution in [0.3, 0.4) is 0 Å². The number of primary amides is 1. The van der Waals surface area contributed by atoms with Crippen LogP contribution >= 0.6 is 11.6 Å². The number of methoxy groups -OCH3 is 1. The van der Waals surface area contributed by atoms with Gasteiger partial charge in [-0.1, -0.05) is 23.7 Å². The number of hydrogen-bond donors (Lipinski definition) is 1. The fourth-order valence-corrected chi connectivity index (χ4v) is 4.81. The highest BCUT2D eigenvalue weighted by molar-refractivity contribution is 6.31. The highest BCUT2D eigenvalue weighted by Gasteiger charge is 2.34. The molecule has 1 amide bonds. The molecule has 2 aromatic rings. The zero-order chi connectivity index (χ0) is 22.0. The summed E-state index contributed by atoms with van der Waals surface area (Å²) in [6, 6.07) is 9.59. The van der Waals surface area contributed by atoms with E-state index in [9.17, 15) is 9.59 Å². The smallest absolute Gasteiger partial charge is 0.404 e. The lowest BCUT2D eigenvalue weighted by Crippen LogP contribution is -2.24. The number of nitrogens with two attached hydrogens (primary N) is 1. The first kappa shape index (κ1) is 21.6. The maximum absolute atomic E-state index is 13.4. The molecule has 164 valence electrons. The van der Waals surface area contributed by atoms with E-state index in [-0.39, 0.29) is 18.3 Å². The van der Waals surface area contributed by atoms with Gasteiger partial charge in [-0.05, 0) is 79.7 Å². The van der Waals surface area contributed by atoms with Gasteiger partial charge in [0.1, 0.15) is 18.1 Å². The molecule has 1 aromatic heterocycles. The Morgan fingerprint density at radius 2 is 1.68 bits per heavy atom. The Hall–Kier alpha value is -2.60. The summed E-state index contributed by atoms with van der Waals surface area (Å²) in [6.07, 6.45) is 4.75. The summed E-state index contributed by atoms with van der Waals surface area (Å²) in [6.45, 7) is -0.0245. The van der Waals surface area contributed by atoms with Crippen molar-refractivity contribution >= 4 is 23.5 Å². The average molecular weight is 443 g/mol.